The molecule has 4 nitrogen and oxygen atoms in total. The lowest BCUT2D eigenvalue weighted by molar-refractivity contribution is -0.122. The topological polar surface area (TPSA) is 35.6 Å². The van der Waals surface area contributed by atoms with Gasteiger partial charge in [-0.15, -0.1) is 0 Å². The van der Waals surface area contributed by atoms with Gasteiger partial charge in [-0.25, -0.2) is 0 Å². The van der Waals surface area contributed by atoms with Crippen LogP contribution in [0.5, 0.6) is 0 Å². The maximum absolute atomic E-state index is 12.6. The van der Waals surface area contributed by atoms with E-state index in [-0.39, 0.29) is 11.9 Å². The van der Waals surface area contributed by atoms with Crippen molar-refractivity contribution in [1.82, 2.24) is 15.1 Å². The van der Waals surface area contributed by atoms with E-state index >= 15 is 0 Å². The third-order valence-corrected chi connectivity index (χ3v) is 6.14. The average Bonchev–Trinajstić information content (AvgIpc) is 2.74. The Kier molecular flexibility index (Phi) is 8.71. The summed E-state index contributed by atoms with van der Waals surface area (Å²) < 4.78 is 1.10. The molecule has 0 saturated carbocycles. The van der Waals surface area contributed by atoms with Crippen LogP contribution in [0.1, 0.15) is 36.4 Å². The van der Waals surface area contributed by atoms with Gasteiger partial charge in [0, 0.05) is 43.6 Å². The molecular weight excluding hydrogens is 426 g/mol. The molecule has 1 fully saturated rings. The summed E-state index contributed by atoms with van der Waals surface area (Å²) in [6.07, 6.45) is 3.55. The van der Waals surface area contributed by atoms with Gasteiger partial charge in [0.2, 0.25) is 5.91 Å². The fourth-order valence-corrected chi connectivity index (χ4v) is 4.00. The molecule has 0 spiro atoms. The van der Waals surface area contributed by atoms with Crippen LogP contribution in [0.25, 0.3) is 0 Å². The molecule has 29 heavy (non-hydrogen) atoms. The van der Waals surface area contributed by atoms with E-state index in [9.17, 15) is 4.79 Å². The first-order valence-corrected chi connectivity index (χ1v) is 11.4. The van der Waals surface area contributed by atoms with Crippen molar-refractivity contribution < 1.29 is 4.79 Å². The summed E-state index contributed by atoms with van der Waals surface area (Å²) >= 11 is 3.47. The second kappa shape index (κ2) is 11.5. The zero-order valence-corrected chi connectivity index (χ0v) is 18.9. The summed E-state index contributed by atoms with van der Waals surface area (Å²) in [4.78, 5) is 17.5. The van der Waals surface area contributed by atoms with Crippen LogP contribution in [0.2, 0.25) is 0 Å². The Labute approximate surface area is 183 Å². The lowest BCUT2D eigenvalue weighted by Crippen LogP contribution is -2.47. The van der Waals surface area contributed by atoms with Crippen molar-refractivity contribution in [2.24, 2.45) is 0 Å². The summed E-state index contributed by atoms with van der Waals surface area (Å²) in [6, 6.07) is 18.9. The van der Waals surface area contributed by atoms with E-state index in [1.807, 2.05) is 6.07 Å². The van der Waals surface area contributed by atoms with Crippen LogP contribution in [-0.4, -0.2) is 55.5 Å². The maximum Gasteiger partial charge on any atom is 0.220 e. The number of aryl methyl sites for hydroxylation is 1. The van der Waals surface area contributed by atoms with E-state index in [1.54, 1.807) is 0 Å². The van der Waals surface area contributed by atoms with Crippen LogP contribution in [0, 0.1) is 0 Å². The number of nitrogens with one attached hydrogen (secondary N) is 1. The van der Waals surface area contributed by atoms with Crippen LogP contribution in [-0.2, 0) is 11.2 Å². The molecule has 1 N–H and O–H groups in total. The van der Waals surface area contributed by atoms with Crippen LogP contribution >= 0.6 is 15.9 Å². The predicted molar refractivity (Wildman–Crippen MR) is 123 cm³/mol. The molecule has 2 aromatic carbocycles. The monoisotopic (exact) mass is 457 g/mol. The molecule has 1 saturated heterocycles. The lowest BCUT2D eigenvalue weighted by atomic mass is 10.0. The molecule has 0 aromatic heterocycles. The highest BCUT2D eigenvalue weighted by atomic mass is 79.9. The van der Waals surface area contributed by atoms with Crippen molar-refractivity contribution in [1.29, 1.82) is 0 Å². The summed E-state index contributed by atoms with van der Waals surface area (Å²) in [6.45, 7) is 5.17. The number of benzene rings is 2. The summed E-state index contributed by atoms with van der Waals surface area (Å²) in [5, 5.41) is 3.30. The molecule has 3 rings (SSSR count). The van der Waals surface area contributed by atoms with Crippen LogP contribution < -0.4 is 5.32 Å². The summed E-state index contributed by atoms with van der Waals surface area (Å²) in [5.41, 5.74) is 2.51. The number of unbranched alkanes of at least 4 members (excludes halogenated alkanes) is 1. The van der Waals surface area contributed by atoms with Gasteiger partial charge >= 0.3 is 0 Å². The first-order valence-electron chi connectivity index (χ1n) is 10.6. The largest absolute Gasteiger partial charge is 0.348 e. The fourth-order valence-electron chi connectivity index (χ4n) is 3.74. The van der Waals surface area contributed by atoms with Crippen LogP contribution in [0.15, 0.2) is 59.1 Å². The number of likely N-dealkylation sites (N-methyl/N-ethyl adjacent to an activating group) is 1. The van der Waals surface area contributed by atoms with Crippen LogP contribution in [0.3, 0.4) is 0 Å². The third kappa shape index (κ3) is 7.57. The number of halogens is 1. The van der Waals surface area contributed by atoms with E-state index in [2.05, 4.69) is 86.6 Å². The SMILES string of the molecule is CN1CCN(CC(NC(=O)CCCCc2ccc(Br)cc2)c2ccccc2)CC1. The van der Waals surface area contributed by atoms with Gasteiger partial charge in [-0.3, -0.25) is 9.69 Å². The first-order chi connectivity index (χ1) is 14.1. The summed E-state index contributed by atoms with van der Waals surface area (Å²) in [5.74, 6) is 0.156. The lowest BCUT2D eigenvalue weighted by Gasteiger charge is -2.35. The Balaban J connectivity index is 1.47. The van der Waals surface area contributed by atoms with Crippen molar-refractivity contribution in [3.05, 3.63) is 70.2 Å². The van der Waals surface area contributed by atoms with Gasteiger partial charge in [-0.1, -0.05) is 58.4 Å². The minimum absolute atomic E-state index is 0.0542. The smallest absolute Gasteiger partial charge is 0.220 e. The van der Waals surface area contributed by atoms with Crippen molar-refractivity contribution in [3.63, 3.8) is 0 Å². The van der Waals surface area contributed by atoms with Crippen molar-refractivity contribution >= 4 is 21.8 Å². The molecule has 1 aliphatic heterocycles. The minimum atomic E-state index is 0.0542. The number of carbonyl (C=O) groups is 1. The maximum atomic E-state index is 12.6. The molecule has 0 bridgehead atoms. The standard InChI is InChI=1S/C24H32BrN3O/c1-27-15-17-28(18-16-27)19-23(21-8-3-2-4-9-21)26-24(29)10-6-5-7-20-11-13-22(25)14-12-20/h2-4,8-9,11-14,23H,5-7,10,15-19H2,1H3,(H,26,29). The number of carbonyl (C=O) groups excluding carboxylic acids is 1. The normalized spacial score (nSPS) is 16.5. The van der Waals surface area contributed by atoms with Gasteiger partial charge < -0.3 is 10.2 Å². The Morgan fingerprint density at radius 2 is 1.69 bits per heavy atom. The number of nitrogens with zero attached hydrogens (tertiary/aromatic N) is 2. The van der Waals surface area contributed by atoms with Crippen molar-refractivity contribution in [3.8, 4) is 0 Å². The molecule has 0 aliphatic carbocycles. The van der Waals surface area contributed by atoms with Gasteiger partial charge in [0.05, 0.1) is 6.04 Å². The molecule has 1 unspecified atom stereocenters. The molecule has 1 amide bonds. The quantitative estimate of drug-likeness (QED) is 0.571. The molecule has 1 aliphatic rings. The molecule has 0 radical (unpaired) electrons. The molecule has 1 heterocycles. The number of rotatable bonds is 9. The highest BCUT2D eigenvalue weighted by Crippen LogP contribution is 2.17. The minimum Gasteiger partial charge on any atom is -0.348 e. The first kappa shape index (κ1) is 22.0. The number of hydrogen-bond acceptors (Lipinski definition) is 3. The van der Waals surface area contributed by atoms with E-state index in [1.165, 1.54) is 11.1 Å². The molecule has 1 atom stereocenters. The van der Waals surface area contributed by atoms with Crippen LogP contribution in [0.4, 0.5) is 0 Å². The van der Waals surface area contributed by atoms with E-state index in [4.69, 9.17) is 0 Å². The average molecular weight is 458 g/mol. The zero-order valence-electron chi connectivity index (χ0n) is 17.3. The summed E-state index contributed by atoms with van der Waals surface area (Å²) in [7, 11) is 2.17. The van der Waals surface area contributed by atoms with Gasteiger partial charge in [0.25, 0.3) is 0 Å². The van der Waals surface area contributed by atoms with E-state index < -0.39 is 0 Å². The van der Waals surface area contributed by atoms with Crippen molar-refractivity contribution in [2.45, 2.75) is 31.7 Å². The zero-order chi connectivity index (χ0) is 20.5. The number of amides is 1. The molecule has 156 valence electrons. The second-order valence-electron chi connectivity index (χ2n) is 7.97. The number of piperazine rings is 1. The second-order valence-corrected chi connectivity index (χ2v) is 8.88. The molecule has 5 heteroatoms. The molecule has 2 aromatic rings. The Hall–Kier alpha value is -1.69. The predicted octanol–water partition coefficient (Wildman–Crippen LogP) is 4.27. The Morgan fingerprint density at radius 3 is 2.38 bits per heavy atom. The Bertz CT molecular complexity index is 742. The highest BCUT2D eigenvalue weighted by Gasteiger charge is 2.21. The highest BCUT2D eigenvalue weighted by molar-refractivity contribution is 9.10. The molecular formula is C24H32BrN3O. The van der Waals surface area contributed by atoms with Gasteiger partial charge in [0.1, 0.15) is 0 Å². The van der Waals surface area contributed by atoms with Crippen molar-refractivity contribution in [2.75, 3.05) is 39.8 Å². The number of hydrogen-bond donors (Lipinski definition) is 1. The van der Waals surface area contributed by atoms with E-state index in [0.717, 1.165) is 56.5 Å². The van der Waals surface area contributed by atoms with Gasteiger partial charge in [-0.2, -0.15) is 0 Å². The van der Waals surface area contributed by atoms with Gasteiger partial charge in [0.15, 0.2) is 0 Å². The Morgan fingerprint density at radius 1 is 1.00 bits per heavy atom. The fraction of sp³-hybridized carbons (Fsp3) is 0.458. The third-order valence-electron chi connectivity index (χ3n) is 5.61. The van der Waals surface area contributed by atoms with E-state index in [0.29, 0.717) is 6.42 Å². The van der Waals surface area contributed by atoms with Gasteiger partial charge in [-0.05, 0) is 49.6 Å².